The normalized spacial score (nSPS) is 15.7. The first-order valence-electron chi connectivity index (χ1n) is 13.4. The molecule has 206 valence electrons. The number of ether oxygens (including phenoxy) is 1. The van der Waals surface area contributed by atoms with Crippen LogP contribution in [0.3, 0.4) is 0 Å². The van der Waals surface area contributed by atoms with Crippen molar-refractivity contribution in [2.75, 3.05) is 24.6 Å². The first-order chi connectivity index (χ1) is 17.7. The van der Waals surface area contributed by atoms with E-state index in [1.54, 1.807) is 17.0 Å². The Hall–Kier alpha value is -2.91. The van der Waals surface area contributed by atoms with Gasteiger partial charge in [-0.1, -0.05) is 20.8 Å². The Balaban J connectivity index is 1.71. The molecule has 0 saturated carbocycles. The number of aromatic nitrogens is 3. The van der Waals surface area contributed by atoms with Gasteiger partial charge in [-0.2, -0.15) is 0 Å². The second kappa shape index (κ2) is 10.3. The first-order valence-corrected chi connectivity index (χ1v) is 16.4. The molecule has 0 unspecified atom stereocenters. The second-order valence-corrected chi connectivity index (χ2v) is 17.5. The predicted octanol–water partition coefficient (Wildman–Crippen LogP) is 6.47. The number of rotatable bonds is 5. The SMILES string of the molecule is CC(C)(C)OC(=O)n1c(-c2cnc(N3CCC(CO)CC3)nc2)cc2cc(O[Si](C)(C)C(C)(C)C)ccc21. The van der Waals surface area contributed by atoms with Gasteiger partial charge < -0.3 is 19.2 Å². The summed E-state index contributed by atoms with van der Waals surface area (Å²) < 4.78 is 13.9. The molecular formula is C29H42N4O4Si. The highest BCUT2D eigenvalue weighted by atomic mass is 28.4. The van der Waals surface area contributed by atoms with Crippen LogP contribution in [-0.2, 0) is 4.74 Å². The molecule has 3 heterocycles. The number of fused-ring (bicyclic) bond motifs is 1. The number of benzene rings is 1. The minimum Gasteiger partial charge on any atom is -0.543 e. The van der Waals surface area contributed by atoms with Crippen LogP contribution >= 0.6 is 0 Å². The van der Waals surface area contributed by atoms with Crippen molar-refractivity contribution in [2.24, 2.45) is 5.92 Å². The van der Waals surface area contributed by atoms with E-state index in [0.29, 0.717) is 17.6 Å². The van der Waals surface area contributed by atoms with E-state index >= 15 is 0 Å². The summed E-state index contributed by atoms with van der Waals surface area (Å²) in [6.45, 7) is 18.5. The summed E-state index contributed by atoms with van der Waals surface area (Å²) in [5.41, 5.74) is 1.50. The van der Waals surface area contributed by atoms with Crippen LogP contribution in [0.1, 0.15) is 54.4 Å². The van der Waals surface area contributed by atoms with Crippen molar-refractivity contribution < 1.29 is 19.1 Å². The molecule has 0 aliphatic carbocycles. The average molecular weight is 539 g/mol. The summed E-state index contributed by atoms with van der Waals surface area (Å²) >= 11 is 0. The first kappa shape index (κ1) is 28.1. The number of carbonyl (C=O) groups is 1. The standard InChI is InChI=1S/C29H42N4O4Si/c1-28(2,3)36-27(35)33-24-10-9-23(37-38(7,8)29(4,5)6)15-21(24)16-25(33)22-17-30-26(31-18-22)32-13-11-20(19-34)12-14-32/h9-10,15-18,20,34H,11-14,19H2,1-8H3. The maximum atomic E-state index is 13.4. The summed E-state index contributed by atoms with van der Waals surface area (Å²) in [4.78, 5) is 24.8. The number of hydrogen-bond acceptors (Lipinski definition) is 7. The molecule has 0 atom stereocenters. The molecule has 0 spiro atoms. The smallest absolute Gasteiger partial charge is 0.419 e. The van der Waals surface area contributed by atoms with E-state index in [-0.39, 0.29) is 11.6 Å². The number of anilines is 1. The molecule has 2 aromatic heterocycles. The Morgan fingerprint density at radius 2 is 1.68 bits per heavy atom. The van der Waals surface area contributed by atoms with E-state index in [1.165, 1.54) is 0 Å². The lowest BCUT2D eigenvalue weighted by molar-refractivity contribution is 0.0547. The number of piperidine rings is 1. The Morgan fingerprint density at radius 3 is 2.24 bits per heavy atom. The topological polar surface area (TPSA) is 89.7 Å². The van der Waals surface area contributed by atoms with Crippen molar-refractivity contribution in [3.8, 4) is 17.0 Å². The van der Waals surface area contributed by atoms with Gasteiger partial charge in [-0.05, 0) is 81.9 Å². The molecule has 4 rings (SSSR count). The molecule has 1 saturated heterocycles. The van der Waals surface area contributed by atoms with Crippen LogP contribution in [0.5, 0.6) is 5.75 Å². The van der Waals surface area contributed by atoms with Gasteiger partial charge in [0.2, 0.25) is 14.3 Å². The molecule has 0 amide bonds. The molecule has 1 aromatic carbocycles. The molecule has 38 heavy (non-hydrogen) atoms. The molecule has 1 aliphatic rings. The van der Waals surface area contributed by atoms with Gasteiger partial charge in [-0.3, -0.25) is 0 Å². The number of carbonyl (C=O) groups excluding carboxylic acids is 1. The van der Waals surface area contributed by atoms with Gasteiger partial charge in [0.1, 0.15) is 11.4 Å². The molecule has 1 fully saturated rings. The quantitative estimate of drug-likeness (QED) is 0.372. The van der Waals surface area contributed by atoms with Gasteiger partial charge in [-0.25, -0.2) is 19.3 Å². The monoisotopic (exact) mass is 538 g/mol. The van der Waals surface area contributed by atoms with Crippen molar-refractivity contribution in [1.29, 1.82) is 0 Å². The zero-order valence-corrected chi connectivity index (χ0v) is 25.0. The Bertz CT molecular complexity index is 1280. The van der Waals surface area contributed by atoms with E-state index < -0.39 is 20.0 Å². The third kappa shape index (κ3) is 6.04. The van der Waals surface area contributed by atoms with Crippen molar-refractivity contribution in [3.63, 3.8) is 0 Å². The molecule has 8 nitrogen and oxygen atoms in total. The largest absolute Gasteiger partial charge is 0.543 e. The lowest BCUT2D eigenvalue weighted by atomic mass is 9.98. The maximum Gasteiger partial charge on any atom is 0.419 e. The Kier molecular flexibility index (Phi) is 7.64. The minimum atomic E-state index is -2.02. The summed E-state index contributed by atoms with van der Waals surface area (Å²) in [6, 6.07) is 7.83. The fourth-order valence-corrected chi connectivity index (χ4v) is 5.38. The van der Waals surface area contributed by atoms with Gasteiger partial charge in [0, 0.05) is 43.0 Å². The van der Waals surface area contributed by atoms with Gasteiger partial charge in [0.25, 0.3) is 0 Å². The summed E-state index contributed by atoms with van der Waals surface area (Å²) in [5.74, 6) is 1.81. The van der Waals surface area contributed by atoms with Crippen LogP contribution in [0.2, 0.25) is 18.1 Å². The van der Waals surface area contributed by atoms with Gasteiger partial charge >= 0.3 is 6.09 Å². The van der Waals surface area contributed by atoms with Gasteiger partial charge in [0.05, 0.1) is 11.2 Å². The highest BCUT2D eigenvalue weighted by molar-refractivity contribution is 6.74. The van der Waals surface area contributed by atoms with Crippen LogP contribution in [0, 0.1) is 5.92 Å². The predicted molar refractivity (Wildman–Crippen MR) is 154 cm³/mol. The lowest BCUT2D eigenvalue weighted by Gasteiger charge is -2.36. The molecule has 0 bridgehead atoms. The van der Waals surface area contributed by atoms with Gasteiger partial charge in [-0.15, -0.1) is 0 Å². The van der Waals surface area contributed by atoms with Crippen molar-refractivity contribution >= 4 is 31.3 Å². The summed E-state index contributed by atoms with van der Waals surface area (Å²) in [7, 11) is -2.02. The Labute approximate surface area is 227 Å². The molecular weight excluding hydrogens is 496 g/mol. The van der Waals surface area contributed by atoms with Crippen LogP contribution in [-0.4, -0.2) is 59.3 Å². The highest BCUT2D eigenvalue weighted by Crippen LogP contribution is 2.39. The molecule has 3 aromatic rings. The number of hydrogen-bond donors (Lipinski definition) is 1. The fourth-order valence-electron chi connectivity index (χ4n) is 4.35. The van der Waals surface area contributed by atoms with Crippen LogP contribution < -0.4 is 9.33 Å². The lowest BCUT2D eigenvalue weighted by Crippen LogP contribution is -2.43. The average Bonchev–Trinajstić information content (AvgIpc) is 3.21. The molecule has 9 heteroatoms. The van der Waals surface area contributed by atoms with E-state index in [4.69, 9.17) is 9.16 Å². The molecule has 1 aliphatic heterocycles. The van der Waals surface area contributed by atoms with Crippen LogP contribution in [0.4, 0.5) is 10.7 Å². The van der Waals surface area contributed by atoms with Crippen LogP contribution in [0.25, 0.3) is 22.2 Å². The number of aliphatic hydroxyl groups is 1. The van der Waals surface area contributed by atoms with E-state index in [1.807, 2.05) is 45.0 Å². The highest BCUT2D eigenvalue weighted by Gasteiger charge is 2.39. The van der Waals surface area contributed by atoms with Crippen molar-refractivity contribution in [2.45, 2.75) is 78.1 Å². The minimum absolute atomic E-state index is 0.0714. The van der Waals surface area contributed by atoms with Crippen molar-refractivity contribution in [1.82, 2.24) is 14.5 Å². The third-order valence-corrected chi connectivity index (χ3v) is 12.0. The maximum absolute atomic E-state index is 13.4. The molecule has 0 radical (unpaired) electrons. The van der Waals surface area contributed by atoms with Crippen LogP contribution in [0.15, 0.2) is 36.7 Å². The van der Waals surface area contributed by atoms with E-state index in [2.05, 4.69) is 48.7 Å². The zero-order chi connectivity index (χ0) is 27.9. The van der Waals surface area contributed by atoms with Crippen molar-refractivity contribution in [3.05, 3.63) is 36.7 Å². The molecule has 1 N–H and O–H groups in total. The summed E-state index contributed by atoms with van der Waals surface area (Å²) in [6.07, 6.45) is 4.93. The van der Waals surface area contributed by atoms with E-state index in [9.17, 15) is 9.90 Å². The third-order valence-electron chi connectivity index (χ3n) is 7.62. The number of nitrogens with zero attached hydrogens (tertiary/aromatic N) is 4. The van der Waals surface area contributed by atoms with E-state index in [0.717, 1.165) is 48.1 Å². The zero-order valence-electron chi connectivity index (χ0n) is 24.0. The number of aliphatic hydroxyl groups excluding tert-OH is 1. The van der Waals surface area contributed by atoms with Gasteiger partial charge in [0.15, 0.2) is 0 Å². The fraction of sp³-hybridized carbons (Fsp3) is 0.552. The second-order valence-electron chi connectivity index (χ2n) is 12.8. The summed E-state index contributed by atoms with van der Waals surface area (Å²) in [5, 5.41) is 10.4. The Morgan fingerprint density at radius 1 is 1.05 bits per heavy atom.